The van der Waals surface area contributed by atoms with E-state index in [1.807, 2.05) is 12.1 Å². The van der Waals surface area contributed by atoms with Gasteiger partial charge in [-0.15, -0.1) is 5.10 Å². The molecule has 5 nitrogen and oxygen atoms in total. The number of anilines is 1. The molecule has 0 radical (unpaired) electrons. The van der Waals surface area contributed by atoms with Gasteiger partial charge >= 0.3 is 0 Å². The molecule has 1 fully saturated rings. The van der Waals surface area contributed by atoms with E-state index in [9.17, 15) is 0 Å². The summed E-state index contributed by atoms with van der Waals surface area (Å²) in [5.41, 5.74) is 0.623. The third-order valence-electron chi connectivity index (χ3n) is 3.10. The van der Waals surface area contributed by atoms with Crippen LogP contribution in [0.2, 0.25) is 0 Å². The van der Waals surface area contributed by atoms with E-state index < -0.39 is 0 Å². The first-order valence-electron chi connectivity index (χ1n) is 6.24. The summed E-state index contributed by atoms with van der Waals surface area (Å²) in [6.45, 7) is 7.56. The van der Waals surface area contributed by atoms with E-state index in [-0.39, 0.29) is 6.61 Å². The summed E-state index contributed by atoms with van der Waals surface area (Å²) in [4.78, 5) is 4.73. The maximum atomic E-state index is 8.91. The zero-order valence-corrected chi connectivity index (χ0v) is 10.3. The molecule has 0 unspecified atom stereocenters. The molecule has 0 bridgehead atoms. The SMILES string of the molecule is CCCN1CCN(c2ccc(CO)nn2)CC1. The van der Waals surface area contributed by atoms with E-state index in [0.717, 1.165) is 32.0 Å². The molecule has 0 amide bonds. The summed E-state index contributed by atoms with van der Waals surface area (Å²) in [5, 5.41) is 17.0. The maximum Gasteiger partial charge on any atom is 0.151 e. The number of piperazine rings is 1. The second-order valence-corrected chi connectivity index (χ2v) is 4.37. The topological polar surface area (TPSA) is 52.5 Å². The molecule has 1 aromatic heterocycles. The Bertz CT molecular complexity index is 333. The molecule has 0 saturated carbocycles. The van der Waals surface area contributed by atoms with Crippen LogP contribution in [0.25, 0.3) is 0 Å². The number of nitrogens with zero attached hydrogens (tertiary/aromatic N) is 4. The third kappa shape index (κ3) is 3.14. The van der Waals surface area contributed by atoms with Crippen LogP contribution in [0.3, 0.4) is 0 Å². The summed E-state index contributed by atoms with van der Waals surface area (Å²) in [5.74, 6) is 0.915. The summed E-state index contributed by atoms with van der Waals surface area (Å²) in [6.07, 6.45) is 1.21. The maximum absolute atomic E-state index is 8.91. The highest BCUT2D eigenvalue weighted by Crippen LogP contribution is 2.12. The van der Waals surface area contributed by atoms with Crippen LogP contribution in [0.4, 0.5) is 5.82 Å². The van der Waals surface area contributed by atoms with Gasteiger partial charge in [-0.3, -0.25) is 4.90 Å². The Morgan fingerprint density at radius 1 is 1.18 bits per heavy atom. The van der Waals surface area contributed by atoms with E-state index in [2.05, 4.69) is 26.9 Å². The molecular weight excluding hydrogens is 216 g/mol. The van der Waals surface area contributed by atoms with Crippen molar-refractivity contribution in [3.05, 3.63) is 17.8 Å². The zero-order chi connectivity index (χ0) is 12.1. The van der Waals surface area contributed by atoms with Gasteiger partial charge in [0.15, 0.2) is 5.82 Å². The van der Waals surface area contributed by atoms with Gasteiger partial charge in [-0.1, -0.05) is 6.92 Å². The first kappa shape index (κ1) is 12.3. The molecule has 1 saturated heterocycles. The molecule has 2 rings (SSSR count). The fourth-order valence-electron chi connectivity index (χ4n) is 2.12. The Kier molecular flexibility index (Phi) is 4.28. The van der Waals surface area contributed by atoms with Crippen LogP contribution in [0.5, 0.6) is 0 Å². The summed E-state index contributed by atoms with van der Waals surface area (Å²) in [7, 11) is 0. The molecule has 1 aliphatic rings. The fraction of sp³-hybridized carbons (Fsp3) is 0.667. The van der Waals surface area contributed by atoms with Crippen LogP contribution >= 0.6 is 0 Å². The van der Waals surface area contributed by atoms with Crippen molar-refractivity contribution in [2.75, 3.05) is 37.6 Å². The molecule has 0 atom stereocenters. The van der Waals surface area contributed by atoms with Gasteiger partial charge in [0.2, 0.25) is 0 Å². The highest BCUT2D eigenvalue weighted by molar-refractivity contribution is 5.37. The molecule has 1 aromatic rings. The summed E-state index contributed by atoms with van der Waals surface area (Å²) < 4.78 is 0. The van der Waals surface area contributed by atoms with Crippen LogP contribution < -0.4 is 4.90 Å². The van der Waals surface area contributed by atoms with Gasteiger partial charge in [0, 0.05) is 26.2 Å². The lowest BCUT2D eigenvalue weighted by Crippen LogP contribution is -2.46. The second-order valence-electron chi connectivity index (χ2n) is 4.37. The molecule has 1 N–H and O–H groups in total. The van der Waals surface area contributed by atoms with E-state index in [0.29, 0.717) is 5.69 Å². The molecule has 0 spiro atoms. The molecule has 17 heavy (non-hydrogen) atoms. The molecule has 0 aliphatic carbocycles. The van der Waals surface area contributed by atoms with Crippen molar-refractivity contribution in [1.29, 1.82) is 0 Å². The standard InChI is InChI=1S/C12H20N4O/c1-2-5-15-6-8-16(9-7-15)12-4-3-11(10-17)13-14-12/h3-4,17H,2,5-10H2,1H3. The van der Waals surface area contributed by atoms with E-state index in [1.165, 1.54) is 13.0 Å². The largest absolute Gasteiger partial charge is 0.390 e. The predicted octanol–water partition coefficient (Wildman–Crippen LogP) is 0.501. The molecule has 94 valence electrons. The van der Waals surface area contributed by atoms with Crippen LogP contribution in [-0.4, -0.2) is 52.9 Å². The van der Waals surface area contributed by atoms with Gasteiger partial charge in [0.25, 0.3) is 0 Å². The Morgan fingerprint density at radius 3 is 2.47 bits per heavy atom. The molecule has 5 heteroatoms. The lowest BCUT2D eigenvalue weighted by molar-refractivity contribution is 0.257. The number of hydrogen-bond donors (Lipinski definition) is 1. The van der Waals surface area contributed by atoms with Crippen molar-refractivity contribution in [2.45, 2.75) is 20.0 Å². The normalized spacial score (nSPS) is 17.4. The van der Waals surface area contributed by atoms with E-state index >= 15 is 0 Å². The molecular formula is C12H20N4O. The summed E-state index contributed by atoms with van der Waals surface area (Å²) >= 11 is 0. The minimum atomic E-state index is -0.0441. The average Bonchev–Trinajstić information content (AvgIpc) is 2.40. The first-order chi connectivity index (χ1) is 8.33. The third-order valence-corrected chi connectivity index (χ3v) is 3.10. The Balaban J connectivity index is 1.91. The second kappa shape index (κ2) is 5.93. The summed E-state index contributed by atoms with van der Waals surface area (Å²) in [6, 6.07) is 3.77. The minimum absolute atomic E-state index is 0.0441. The van der Waals surface area contributed by atoms with Crippen LogP contribution in [0, 0.1) is 0 Å². The van der Waals surface area contributed by atoms with Crippen molar-refractivity contribution in [1.82, 2.24) is 15.1 Å². The number of aromatic nitrogens is 2. The number of rotatable bonds is 4. The van der Waals surface area contributed by atoms with Crippen molar-refractivity contribution < 1.29 is 5.11 Å². The lowest BCUT2D eigenvalue weighted by Gasteiger charge is -2.34. The number of hydrogen-bond acceptors (Lipinski definition) is 5. The van der Waals surface area contributed by atoms with Gasteiger partial charge in [-0.25, -0.2) is 0 Å². The first-order valence-corrected chi connectivity index (χ1v) is 6.24. The van der Waals surface area contributed by atoms with Crippen molar-refractivity contribution in [2.24, 2.45) is 0 Å². The Labute approximate surface area is 102 Å². The van der Waals surface area contributed by atoms with Gasteiger partial charge in [0.1, 0.15) is 0 Å². The molecule has 0 aromatic carbocycles. The minimum Gasteiger partial charge on any atom is -0.390 e. The van der Waals surface area contributed by atoms with Gasteiger partial charge in [-0.05, 0) is 25.1 Å². The van der Waals surface area contributed by atoms with E-state index in [1.54, 1.807) is 0 Å². The Hall–Kier alpha value is -1.20. The quantitative estimate of drug-likeness (QED) is 0.825. The smallest absolute Gasteiger partial charge is 0.151 e. The van der Waals surface area contributed by atoms with Gasteiger partial charge < -0.3 is 10.0 Å². The average molecular weight is 236 g/mol. The fourth-order valence-corrected chi connectivity index (χ4v) is 2.12. The van der Waals surface area contributed by atoms with Crippen LogP contribution in [0.15, 0.2) is 12.1 Å². The van der Waals surface area contributed by atoms with Gasteiger partial charge in [-0.2, -0.15) is 5.10 Å². The lowest BCUT2D eigenvalue weighted by atomic mass is 10.3. The van der Waals surface area contributed by atoms with Crippen LogP contribution in [-0.2, 0) is 6.61 Å². The van der Waals surface area contributed by atoms with Gasteiger partial charge in [0.05, 0.1) is 12.3 Å². The molecule has 2 heterocycles. The Morgan fingerprint density at radius 2 is 1.94 bits per heavy atom. The number of aliphatic hydroxyl groups is 1. The monoisotopic (exact) mass is 236 g/mol. The predicted molar refractivity (Wildman–Crippen MR) is 66.9 cm³/mol. The van der Waals surface area contributed by atoms with E-state index in [4.69, 9.17) is 5.11 Å². The highest BCUT2D eigenvalue weighted by atomic mass is 16.3. The van der Waals surface area contributed by atoms with Crippen molar-refractivity contribution in [3.8, 4) is 0 Å². The highest BCUT2D eigenvalue weighted by Gasteiger charge is 2.17. The number of aliphatic hydroxyl groups excluding tert-OH is 1. The molecule has 1 aliphatic heterocycles. The zero-order valence-electron chi connectivity index (χ0n) is 10.3. The van der Waals surface area contributed by atoms with Crippen molar-refractivity contribution in [3.63, 3.8) is 0 Å². The van der Waals surface area contributed by atoms with Crippen LogP contribution in [0.1, 0.15) is 19.0 Å². The van der Waals surface area contributed by atoms with Crippen molar-refractivity contribution >= 4 is 5.82 Å².